The molecule has 0 saturated heterocycles. The van der Waals surface area contributed by atoms with Crippen LogP contribution in [0.3, 0.4) is 0 Å². The van der Waals surface area contributed by atoms with E-state index in [2.05, 4.69) is 28.6 Å². The van der Waals surface area contributed by atoms with Gasteiger partial charge >= 0.3 is 0 Å². The molecule has 0 spiro atoms. The lowest BCUT2D eigenvalue weighted by Gasteiger charge is -2.12. The number of carbonyl (C=O) groups is 1. The SMILES string of the molecule is Cl.NC(CC(=O)NCCCc1c[nH]c2ccccc12)c1ccccc1. The summed E-state index contributed by atoms with van der Waals surface area (Å²) < 4.78 is 0. The van der Waals surface area contributed by atoms with E-state index in [-0.39, 0.29) is 24.4 Å². The van der Waals surface area contributed by atoms with Crippen molar-refractivity contribution in [1.82, 2.24) is 10.3 Å². The van der Waals surface area contributed by atoms with Crippen LogP contribution < -0.4 is 11.1 Å². The monoisotopic (exact) mass is 357 g/mol. The number of nitrogens with one attached hydrogen (secondary N) is 2. The van der Waals surface area contributed by atoms with Crippen LogP contribution in [0.5, 0.6) is 0 Å². The molecule has 25 heavy (non-hydrogen) atoms. The van der Waals surface area contributed by atoms with E-state index in [4.69, 9.17) is 5.73 Å². The van der Waals surface area contributed by atoms with E-state index >= 15 is 0 Å². The Morgan fingerprint density at radius 2 is 1.80 bits per heavy atom. The number of hydrogen-bond donors (Lipinski definition) is 3. The predicted octanol–water partition coefficient (Wildman–Crippen LogP) is 3.73. The van der Waals surface area contributed by atoms with E-state index in [0.717, 1.165) is 23.9 Å². The van der Waals surface area contributed by atoms with Crippen molar-refractivity contribution >= 4 is 29.2 Å². The predicted molar refractivity (Wildman–Crippen MR) is 105 cm³/mol. The molecule has 0 aliphatic heterocycles. The van der Waals surface area contributed by atoms with E-state index in [1.807, 2.05) is 42.5 Å². The van der Waals surface area contributed by atoms with Gasteiger partial charge in [-0.3, -0.25) is 4.79 Å². The maximum Gasteiger partial charge on any atom is 0.221 e. The highest BCUT2D eigenvalue weighted by Crippen LogP contribution is 2.18. The molecule has 1 amide bonds. The van der Waals surface area contributed by atoms with Gasteiger partial charge < -0.3 is 16.0 Å². The molecule has 0 radical (unpaired) electrons. The van der Waals surface area contributed by atoms with Crippen LogP contribution in [0.2, 0.25) is 0 Å². The van der Waals surface area contributed by atoms with Gasteiger partial charge in [0.05, 0.1) is 0 Å². The number of hydrogen-bond acceptors (Lipinski definition) is 2. The summed E-state index contributed by atoms with van der Waals surface area (Å²) in [7, 11) is 0. The van der Waals surface area contributed by atoms with Gasteiger partial charge in [-0.2, -0.15) is 0 Å². The maximum atomic E-state index is 12.0. The summed E-state index contributed by atoms with van der Waals surface area (Å²) in [4.78, 5) is 15.3. The standard InChI is InChI=1S/C20H23N3O.ClH/c21-18(15-7-2-1-3-8-15)13-20(24)22-12-6-9-16-14-23-19-11-5-4-10-17(16)19;/h1-5,7-8,10-11,14,18,23H,6,9,12-13,21H2,(H,22,24);1H. The van der Waals surface area contributed by atoms with Gasteiger partial charge in [0, 0.05) is 36.1 Å². The lowest BCUT2D eigenvalue weighted by Crippen LogP contribution is -2.28. The third-order valence-corrected chi connectivity index (χ3v) is 4.25. The fraction of sp³-hybridized carbons (Fsp3) is 0.250. The average molecular weight is 358 g/mol. The number of rotatable bonds is 7. The van der Waals surface area contributed by atoms with Gasteiger partial charge in [-0.1, -0.05) is 48.5 Å². The molecule has 0 bridgehead atoms. The Labute approximate surface area is 154 Å². The molecule has 1 unspecified atom stereocenters. The number of carbonyl (C=O) groups excluding carboxylic acids is 1. The van der Waals surface area contributed by atoms with Crippen molar-refractivity contribution in [2.75, 3.05) is 6.54 Å². The molecule has 2 aromatic carbocycles. The number of fused-ring (bicyclic) bond motifs is 1. The quantitative estimate of drug-likeness (QED) is 0.564. The van der Waals surface area contributed by atoms with Gasteiger partial charge in [-0.25, -0.2) is 0 Å². The lowest BCUT2D eigenvalue weighted by atomic mass is 10.0. The molecule has 132 valence electrons. The van der Waals surface area contributed by atoms with Gasteiger partial charge in [0.25, 0.3) is 0 Å². The van der Waals surface area contributed by atoms with Crippen molar-refractivity contribution in [2.24, 2.45) is 5.73 Å². The molecule has 4 nitrogen and oxygen atoms in total. The zero-order chi connectivity index (χ0) is 16.8. The molecule has 1 heterocycles. The summed E-state index contributed by atoms with van der Waals surface area (Å²) in [6.45, 7) is 0.667. The molecule has 4 N–H and O–H groups in total. The third-order valence-electron chi connectivity index (χ3n) is 4.25. The largest absolute Gasteiger partial charge is 0.361 e. The summed E-state index contributed by atoms with van der Waals surface area (Å²) in [6, 6.07) is 17.8. The second-order valence-electron chi connectivity index (χ2n) is 6.03. The van der Waals surface area contributed by atoms with E-state index in [1.54, 1.807) is 0 Å². The minimum atomic E-state index is -0.250. The maximum absolute atomic E-state index is 12.0. The Kier molecular flexibility index (Phi) is 7.04. The van der Waals surface area contributed by atoms with Crippen molar-refractivity contribution in [3.63, 3.8) is 0 Å². The van der Waals surface area contributed by atoms with Crippen molar-refractivity contribution in [2.45, 2.75) is 25.3 Å². The van der Waals surface area contributed by atoms with Gasteiger partial charge in [0.15, 0.2) is 0 Å². The molecular formula is C20H24ClN3O. The van der Waals surface area contributed by atoms with Crippen LogP contribution in [-0.2, 0) is 11.2 Å². The van der Waals surface area contributed by atoms with Crippen LogP contribution in [-0.4, -0.2) is 17.4 Å². The third kappa shape index (κ3) is 5.08. The minimum Gasteiger partial charge on any atom is -0.361 e. The van der Waals surface area contributed by atoms with Crippen molar-refractivity contribution in [3.05, 3.63) is 71.9 Å². The minimum absolute atomic E-state index is 0. The first-order valence-corrected chi connectivity index (χ1v) is 8.36. The summed E-state index contributed by atoms with van der Waals surface area (Å²) in [6.07, 6.45) is 4.22. The highest BCUT2D eigenvalue weighted by atomic mass is 35.5. The number of nitrogens with two attached hydrogens (primary N) is 1. The number of H-pyrrole nitrogens is 1. The Bertz CT molecular complexity index is 801. The van der Waals surface area contributed by atoms with Crippen LogP contribution in [0.1, 0.15) is 30.0 Å². The summed E-state index contributed by atoms with van der Waals surface area (Å²) >= 11 is 0. The van der Waals surface area contributed by atoms with Gasteiger partial charge in [0.2, 0.25) is 5.91 Å². The van der Waals surface area contributed by atoms with Crippen LogP contribution >= 0.6 is 12.4 Å². The number of halogens is 1. The molecule has 1 aromatic heterocycles. The van der Waals surface area contributed by atoms with Crippen molar-refractivity contribution in [3.8, 4) is 0 Å². The van der Waals surface area contributed by atoms with E-state index in [1.165, 1.54) is 10.9 Å². The summed E-state index contributed by atoms with van der Waals surface area (Å²) in [5.41, 5.74) is 9.52. The van der Waals surface area contributed by atoms with E-state index in [0.29, 0.717) is 13.0 Å². The molecule has 1 atom stereocenters. The fourth-order valence-corrected chi connectivity index (χ4v) is 2.94. The molecule has 0 aliphatic carbocycles. The topological polar surface area (TPSA) is 70.9 Å². The highest BCUT2D eigenvalue weighted by Gasteiger charge is 2.11. The van der Waals surface area contributed by atoms with Crippen molar-refractivity contribution < 1.29 is 4.79 Å². The summed E-state index contributed by atoms with van der Waals surface area (Å²) in [5.74, 6) is 0.00489. The molecule has 0 fully saturated rings. The zero-order valence-corrected chi connectivity index (χ0v) is 14.9. The number of benzene rings is 2. The first-order chi connectivity index (χ1) is 11.7. The van der Waals surface area contributed by atoms with E-state index in [9.17, 15) is 4.79 Å². The Morgan fingerprint density at radius 1 is 1.08 bits per heavy atom. The molecule has 0 saturated carbocycles. The average Bonchev–Trinajstić information content (AvgIpc) is 3.03. The number of aromatic amines is 1. The number of aromatic nitrogens is 1. The van der Waals surface area contributed by atoms with Crippen LogP contribution in [0, 0.1) is 0 Å². The molecule has 3 aromatic rings. The fourth-order valence-electron chi connectivity index (χ4n) is 2.94. The molecular weight excluding hydrogens is 334 g/mol. The first-order valence-electron chi connectivity index (χ1n) is 8.36. The molecule has 0 aliphatic rings. The number of aryl methyl sites for hydroxylation is 1. The second-order valence-corrected chi connectivity index (χ2v) is 6.03. The lowest BCUT2D eigenvalue weighted by molar-refractivity contribution is -0.121. The normalized spacial score (nSPS) is 11.7. The summed E-state index contributed by atoms with van der Waals surface area (Å²) in [5, 5.41) is 4.22. The molecule has 3 rings (SSSR count). The number of para-hydroxylation sites is 1. The zero-order valence-electron chi connectivity index (χ0n) is 14.1. The van der Waals surface area contributed by atoms with Crippen LogP contribution in [0.25, 0.3) is 10.9 Å². The van der Waals surface area contributed by atoms with Gasteiger partial charge in [-0.05, 0) is 30.0 Å². The van der Waals surface area contributed by atoms with Crippen LogP contribution in [0.15, 0.2) is 60.8 Å². The van der Waals surface area contributed by atoms with Crippen molar-refractivity contribution in [1.29, 1.82) is 0 Å². The second kappa shape index (κ2) is 9.25. The molecule has 5 heteroatoms. The Balaban J connectivity index is 0.00000225. The first kappa shape index (κ1) is 19.0. The number of amides is 1. The van der Waals surface area contributed by atoms with E-state index < -0.39 is 0 Å². The smallest absolute Gasteiger partial charge is 0.221 e. The van der Waals surface area contributed by atoms with Crippen LogP contribution in [0.4, 0.5) is 0 Å². The Hall–Kier alpha value is -2.30. The Morgan fingerprint density at radius 3 is 2.60 bits per heavy atom. The highest BCUT2D eigenvalue weighted by molar-refractivity contribution is 5.85. The van der Waals surface area contributed by atoms with Gasteiger partial charge in [-0.15, -0.1) is 12.4 Å². The van der Waals surface area contributed by atoms with Gasteiger partial charge in [0.1, 0.15) is 0 Å².